The van der Waals surface area contributed by atoms with E-state index in [1.165, 1.54) is 0 Å². The summed E-state index contributed by atoms with van der Waals surface area (Å²) in [6.45, 7) is 8.95. The lowest BCUT2D eigenvalue weighted by molar-refractivity contribution is 0.0185. The number of aryl methyl sites for hydroxylation is 1. The molecule has 20 heavy (non-hydrogen) atoms. The molecule has 1 aromatic heterocycles. The molecule has 2 N–H and O–H groups in total. The Labute approximate surface area is 119 Å². The van der Waals surface area contributed by atoms with Crippen molar-refractivity contribution in [3.8, 4) is 0 Å². The van der Waals surface area contributed by atoms with E-state index in [4.69, 9.17) is 10.5 Å². The number of carbonyl (C=O) groups excluding carboxylic acids is 1. The zero-order valence-electron chi connectivity index (χ0n) is 12.7. The molecule has 2 heterocycles. The van der Waals surface area contributed by atoms with Crippen LogP contribution in [0.5, 0.6) is 0 Å². The van der Waals surface area contributed by atoms with Gasteiger partial charge >= 0.3 is 6.09 Å². The predicted molar refractivity (Wildman–Crippen MR) is 77.5 cm³/mol. The van der Waals surface area contributed by atoms with Gasteiger partial charge in [-0.15, -0.1) is 0 Å². The zero-order chi connectivity index (χ0) is 14.9. The van der Waals surface area contributed by atoms with Crippen molar-refractivity contribution in [3.05, 3.63) is 11.8 Å². The van der Waals surface area contributed by atoms with E-state index in [1.54, 1.807) is 11.1 Å². The molecule has 0 aliphatic carbocycles. The van der Waals surface area contributed by atoms with Crippen molar-refractivity contribution in [2.45, 2.75) is 52.2 Å². The van der Waals surface area contributed by atoms with E-state index >= 15 is 0 Å². The molecule has 1 aliphatic rings. The van der Waals surface area contributed by atoms with Crippen molar-refractivity contribution < 1.29 is 9.53 Å². The lowest BCUT2D eigenvalue weighted by atomic mass is 10.1. The number of carbonyl (C=O) groups is 1. The minimum atomic E-state index is -0.447. The van der Waals surface area contributed by atoms with E-state index < -0.39 is 5.60 Å². The monoisotopic (exact) mass is 280 g/mol. The summed E-state index contributed by atoms with van der Waals surface area (Å²) in [5.41, 5.74) is 6.56. The van der Waals surface area contributed by atoms with E-state index in [0.29, 0.717) is 13.1 Å². The number of amides is 1. The van der Waals surface area contributed by atoms with Crippen molar-refractivity contribution in [1.82, 2.24) is 14.7 Å². The molecule has 0 atom stereocenters. The molecule has 1 aromatic rings. The molecule has 6 nitrogen and oxygen atoms in total. The van der Waals surface area contributed by atoms with Crippen molar-refractivity contribution in [2.24, 2.45) is 0 Å². The summed E-state index contributed by atoms with van der Waals surface area (Å²) < 4.78 is 7.26. The standard InChI is InChI=1S/C14H24N4O2/c1-10-9-16-18(12(10)15)11-5-7-17(8-6-11)13(19)20-14(2,3)4/h9,11H,5-8,15H2,1-4H3. The Morgan fingerprint density at radius 3 is 2.45 bits per heavy atom. The maximum atomic E-state index is 12.0. The number of rotatable bonds is 1. The molecule has 2 rings (SSSR count). The van der Waals surface area contributed by atoms with Crippen LogP contribution in [0, 0.1) is 6.92 Å². The highest BCUT2D eigenvalue weighted by Gasteiger charge is 2.28. The quantitative estimate of drug-likeness (QED) is 0.857. The fourth-order valence-corrected chi connectivity index (χ4v) is 2.37. The number of nitrogens with two attached hydrogens (primary N) is 1. The van der Waals surface area contributed by atoms with Gasteiger partial charge in [0.25, 0.3) is 0 Å². The van der Waals surface area contributed by atoms with Crippen LogP contribution >= 0.6 is 0 Å². The molecule has 0 unspecified atom stereocenters. The summed E-state index contributed by atoms with van der Waals surface area (Å²) in [5, 5.41) is 4.33. The smallest absolute Gasteiger partial charge is 0.410 e. The van der Waals surface area contributed by atoms with Crippen LogP contribution in [-0.2, 0) is 4.74 Å². The van der Waals surface area contributed by atoms with Crippen LogP contribution < -0.4 is 5.73 Å². The molecular weight excluding hydrogens is 256 g/mol. The van der Waals surface area contributed by atoms with Crippen molar-refractivity contribution in [3.63, 3.8) is 0 Å². The van der Waals surface area contributed by atoms with Crippen LogP contribution in [0.4, 0.5) is 10.6 Å². The number of anilines is 1. The van der Waals surface area contributed by atoms with Gasteiger partial charge in [0.2, 0.25) is 0 Å². The highest BCUT2D eigenvalue weighted by Crippen LogP contribution is 2.26. The van der Waals surface area contributed by atoms with Crippen LogP contribution in [0.25, 0.3) is 0 Å². The van der Waals surface area contributed by atoms with Crippen molar-refractivity contribution in [2.75, 3.05) is 18.8 Å². The van der Waals surface area contributed by atoms with E-state index in [9.17, 15) is 4.79 Å². The second-order valence-corrected chi connectivity index (χ2v) is 6.36. The first kappa shape index (κ1) is 14.7. The maximum absolute atomic E-state index is 12.0. The number of aromatic nitrogens is 2. The number of ether oxygens (including phenoxy) is 1. The molecule has 1 saturated heterocycles. The van der Waals surface area contributed by atoms with Gasteiger partial charge in [-0.2, -0.15) is 5.10 Å². The number of hydrogen-bond acceptors (Lipinski definition) is 4. The summed E-state index contributed by atoms with van der Waals surface area (Å²) in [4.78, 5) is 13.7. The Hall–Kier alpha value is -1.72. The Balaban J connectivity index is 1.93. The highest BCUT2D eigenvalue weighted by molar-refractivity contribution is 5.68. The summed E-state index contributed by atoms with van der Waals surface area (Å²) >= 11 is 0. The van der Waals surface area contributed by atoms with Gasteiger partial charge in [-0.25, -0.2) is 9.48 Å². The third-order valence-electron chi connectivity index (χ3n) is 3.49. The van der Waals surface area contributed by atoms with Crippen molar-refractivity contribution in [1.29, 1.82) is 0 Å². The fourth-order valence-electron chi connectivity index (χ4n) is 2.37. The minimum absolute atomic E-state index is 0.236. The van der Waals surface area contributed by atoms with Crippen LogP contribution in [-0.4, -0.2) is 39.5 Å². The number of piperidine rings is 1. The van der Waals surface area contributed by atoms with E-state index in [-0.39, 0.29) is 12.1 Å². The number of likely N-dealkylation sites (tertiary alicyclic amines) is 1. The Morgan fingerprint density at radius 2 is 2.00 bits per heavy atom. The molecule has 0 bridgehead atoms. The minimum Gasteiger partial charge on any atom is -0.444 e. The van der Waals surface area contributed by atoms with Gasteiger partial charge in [0.1, 0.15) is 11.4 Å². The molecule has 0 saturated carbocycles. The van der Waals surface area contributed by atoms with Gasteiger partial charge in [0.05, 0.1) is 12.2 Å². The number of nitrogen functional groups attached to an aromatic ring is 1. The molecule has 112 valence electrons. The summed E-state index contributed by atoms with van der Waals surface area (Å²) in [7, 11) is 0. The second-order valence-electron chi connectivity index (χ2n) is 6.36. The molecule has 0 radical (unpaired) electrons. The van der Waals surface area contributed by atoms with Gasteiger partial charge in [0, 0.05) is 18.7 Å². The molecule has 0 spiro atoms. The SMILES string of the molecule is Cc1cnn(C2CCN(C(=O)OC(C)(C)C)CC2)c1N. The lowest BCUT2D eigenvalue weighted by Gasteiger charge is -2.33. The van der Waals surface area contributed by atoms with E-state index in [1.807, 2.05) is 32.4 Å². The lowest BCUT2D eigenvalue weighted by Crippen LogP contribution is -2.42. The van der Waals surface area contributed by atoms with Crippen LogP contribution in [0.15, 0.2) is 6.20 Å². The molecule has 0 aromatic carbocycles. The highest BCUT2D eigenvalue weighted by atomic mass is 16.6. The number of hydrogen-bond donors (Lipinski definition) is 1. The zero-order valence-corrected chi connectivity index (χ0v) is 12.7. The van der Waals surface area contributed by atoms with Gasteiger partial charge < -0.3 is 15.4 Å². The summed E-state index contributed by atoms with van der Waals surface area (Å²) in [6.07, 6.45) is 3.26. The topological polar surface area (TPSA) is 73.4 Å². The van der Waals surface area contributed by atoms with Crippen molar-refractivity contribution >= 4 is 11.9 Å². The second kappa shape index (κ2) is 5.34. The first-order chi connectivity index (χ1) is 9.28. The first-order valence-corrected chi connectivity index (χ1v) is 7.05. The number of nitrogens with zero attached hydrogens (tertiary/aromatic N) is 3. The van der Waals surface area contributed by atoms with Crippen LogP contribution in [0.1, 0.15) is 45.2 Å². The van der Waals surface area contributed by atoms with Crippen LogP contribution in [0.3, 0.4) is 0 Å². The largest absolute Gasteiger partial charge is 0.444 e. The van der Waals surface area contributed by atoms with E-state index in [2.05, 4.69) is 5.10 Å². The van der Waals surface area contributed by atoms with Gasteiger partial charge in [-0.3, -0.25) is 0 Å². The Bertz CT molecular complexity index is 482. The Kier molecular flexibility index (Phi) is 3.92. The fraction of sp³-hybridized carbons (Fsp3) is 0.714. The average molecular weight is 280 g/mol. The molecule has 1 aliphatic heterocycles. The first-order valence-electron chi connectivity index (χ1n) is 7.05. The average Bonchev–Trinajstić information content (AvgIpc) is 2.68. The Morgan fingerprint density at radius 1 is 1.40 bits per heavy atom. The third-order valence-corrected chi connectivity index (χ3v) is 3.49. The maximum Gasteiger partial charge on any atom is 0.410 e. The molecular formula is C14H24N4O2. The summed E-state index contributed by atoms with van der Waals surface area (Å²) in [6, 6.07) is 0.266. The third kappa shape index (κ3) is 3.23. The van der Waals surface area contributed by atoms with Gasteiger partial charge in [0.15, 0.2) is 0 Å². The van der Waals surface area contributed by atoms with E-state index in [0.717, 1.165) is 24.2 Å². The molecule has 1 fully saturated rings. The van der Waals surface area contributed by atoms with Gasteiger partial charge in [-0.05, 0) is 40.5 Å². The molecule has 6 heteroatoms. The van der Waals surface area contributed by atoms with Gasteiger partial charge in [-0.1, -0.05) is 0 Å². The molecule has 1 amide bonds. The summed E-state index contributed by atoms with van der Waals surface area (Å²) in [5.74, 6) is 0.723. The normalized spacial score (nSPS) is 17.3. The predicted octanol–water partition coefficient (Wildman–Crippen LogP) is 2.35. The van der Waals surface area contributed by atoms with Crippen LogP contribution in [0.2, 0.25) is 0 Å².